The fourth-order valence-corrected chi connectivity index (χ4v) is 3.74. The van der Waals surface area contributed by atoms with E-state index in [0.717, 1.165) is 24.7 Å². The van der Waals surface area contributed by atoms with Crippen LogP contribution in [0.25, 0.3) is 5.70 Å². The lowest BCUT2D eigenvalue weighted by Gasteiger charge is -2.28. The molecule has 0 amide bonds. The molecular weight excluding hydrogens is 400 g/mol. The van der Waals surface area contributed by atoms with Gasteiger partial charge in [0.05, 0.1) is 5.70 Å². The van der Waals surface area contributed by atoms with Crippen LogP contribution < -0.4 is 10.8 Å². The molecule has 2 N–H and O–H groups in total. The molecule has 0 aromatic heterocycles. The first-order valence-electron chi connectivity index (χ1n) is 8.30. The molecule has 0 bridgehead atoms. The molecule has 1 unspecified atom stereocenters. The summed E-state index contributed by atoms with van der Waals surface area (Å²) in [5, 5.41) is 3.40. The van der Waals surface area contributed by atoms with Gasteiger partial charge in [0.1, 0.15) is 0 Å². The molecule has 142 valence electrons. The van der Waals surface area contributed by atoms with Gasteiger partial charge in [-0.15, -0.1) is 0 Å². The lowest BCUT2D eigenvalue weighted by Crippen LogP contribution is -2.42. The number of benzene rings is 2. The summed E-state index contributed by atoms with van der Waals surface area (Å²) in [5.74, 6) is 0.448. The van der Waals surface area contributed by atoms with Crippen molar-refractivity contribution >= 4 is 28.9 Å². The second-order valence-electron chi connectivity index (χ2n) is 6.63. The fourth-order valence-electron chi connectivity index (χ4n) is 3.21. The van der Waals surface area contributed by atoms with Crippen LogP contribution in [0.1, 0.15) is 22.6 Å². The van der Waals surface area contributed by atoms with E-state index in [1.54, 1.807) is 12.1 Å². The molecule has 2 aromatic carbocycles. The van der Waals surface area contributed by atoms with Crippen LogP contribution in [0.3, 0.4) is 0 Å². The van der Waals surface area contributed by atoms with Gasteiger partial charge in [0.25, 0.3) is 0 Å². The van der Waals surface area contributed by atoms with Crippen LogP contribution in [0.2, 0.25) is 10.0 Å². The number of halogens is 5. The Morgan fingerprint density at radius 1 is 1.00 bits per heavy atom. The van der Waals surface area contributed by atoms with Crippen molar-refractivity contribution < 1.29 is 18.0 Å². The fraction of sp³-hybridized carbons (Fsp3) is 0.263. The lowest BCUT2D eigenvalue weighted by atomic mass is 9.90. The van der Waals surface area contributed by atoms with Crippen molar-refractivity contribution in [2.45, 2.75) is 17.7 Å². The third-order valence-corrected chi connectivity index (χ3v) is 5.29. The molecule has 1 fully saturated rings. The monoisotopic (exact) mass is 414 g/mol. The van der Waals surface area contributed by atoms with Crippen LogP contribution in [0.5, 0.6) is 0 Å². The zero-order chi connectivity index (χ0) is 19.2. The second kappa shape index (κ2) is 6.71. The molecule has 27 heavy (non-hydrogen) atoms. The Bertz CT molecular complexity index is 875. The van der Waals surface area contributed by atoms with Gasteiger partial charge in [0.15, 0.2) is 0 Å². The van der Waals surface area contributed by atoms with Crippen LogP contribution in [0, 0.1) is 0 Å². The minimum Gasteiger partial charge on any atom is -0.315 e. The first kappa shape index (κ1) is 18.6. The van der Waals surface area contributed by atoms with Gasteiger partial charge in [-0.05, 0) is 35.4 Å². The summed E-state index contributed by atoms with van der Waals surface area (Å²) in [5.41, 5.74) is 1.56. The van der Waals surface area contributed by atoms with E-state index < -0.39 is 11.8 Å². The molecule has 2 aromatic rings. The Balaban J connectivity index is 1.73. The molecule has 0 saturated carbocycles. The highest BCUT2D eigenvalue weighted by molar-refractivity contribution is 6.34. The maximum atomic E-state index is 14.0. The van der Waals surface area contributed by atoms with E-state index in [-0.39, 0.29) is 21.3 Å². The average Bonchev–Trinajstić information content (AvgIpc) is 2.99. The Morgan fingerprint density at radius 2 is 1.63 bits per heavy atom. The van der Waals surface area contributed by atoms with E-state index in [2.05, 4.69) is 10.8 Å². The summed E-state index contributed by atoms with van der Waals surface area (Å²) in [6.07, 6.45) is -3.69. The molecule has 0 spiro atoms. The predicted molar refractivity (Wildman–Crippen MR) is 98.4 cm³/mol. The summed E-state index contributed by atoms with van der Waals surface area (Å²) >= 11 is 11.8. The SMILES string of the molecule is FC(F)(F)C1(c2cc(Cl)cc(Cl)c2)C=C(c2ccc(C3CNC3)cc2)NO1. The van der Waals surface area contributed by atoms with Gasteiger partial charge in [-0.2, -0.15) is 13.2 Å². The smallest absolute Gasteiger partial charge is 0.315 e. The summed E-state index contributed by atoms with van der Waals surface area (Å²) < 4.78 is 41.9. The van der Waals surface area contributed by atoms with Gasteiger partial charge in [-0.1, -0.05) is 47.5 Å². The Labute approximate surface area is 164 Å². The number of hydrogen-bond donors (Lipinski definition) is 2. The predicted octanol–water partition coefficient (Wildman–Crippen LogP) is 5.01. The van der Waals surface area contributed by atoms with Gasteiger partial charge >= 0.3 is 6.18 Å². The molecule has 0 aliphatic carbocycles. The third kappa shape index (κ3) is 3.31. The highest BCUT2D eigenvalue weighted by atomic mass is 35.5. The second-order valence-corrected chi connectivity index (χ2v) is 7.50. The quantitative estimate of drug-likeness (QED) is 0.739. The molecule has 0 radical (unpaired) electrons. The van der Waals surface area contributed by atoms with Crippen molar-refractivity contribution in [3.05, 3.63) is 75.3 Å². The average molecular weight is 415 g/mol. The summed E-state index contributed by atoms with van der Waals surface area (Å²) in [4.78, 5) is 5.08. The van der Waals surface area contributed by atoms with Gasteiger partial charge < -0.3 is 5.32 Å². The van der Waals surface area contributed by atoms with Crippen molar-refractivity contribution in [3.63, 3.8) is 0 Å². The summed E-state index contributed by atoms with van der Waals surface area (Å²) in [6.45, 7) is 1.83. The van der Waals surface area contributed by atoms with Crippen molar-refractivity contribution in [2.75, 3.05) is 13.1 Å². The van der Waals surface area contributed by atoms with Gasteiger partial charge in [0.2, 0.25) is 5.60 Å². The van der Waals surface area contributed by atoms with Crippen LogP contribution in [-0.2, 0) is 10.4 Å². The molecule has 3 nitrogen and oxygen atoms in total. The standard InChI is InChI=1S/C19H15Cl2F3N2O/c20-15-5-14(6-16(21)7-15)18(19(22,23)24)8-17(26-27-18)12-3-1-11(2-4-12)13-9-25-10-13/h1-8,13,25-26H,9-10H2. The molecule has 4 rings (SSSR count). The van der Waals surface area contributed by atoms with Gasteiger partial charge in [-0.25, -0.2) is 0 Å². The van der Waals surface area contributed by atoms with Crippen LogP contribution in [0.15, 0.2) is 48.5 Å². The highest BCUT2D eigenvalue weighted by Crippen LogP contribution is 2.48. The number of nitrogens with one attached hydrogen (secondary N) is 2. The normalized spacial score (nSPS) is 22.9. The number of rotatable bonds is 3. The topological polar surface area (TPSA) is 33.3 Å². The molecule has 2 aliphatic rings. The Hall–Kier alpha value is -1.73. The van der Waals surface area contributed by atoms with Crippen LogP contribution >= 0.6 is 23.2 Å². The van der Waals surface area contributed by atoms with E-state index in [1.165, 1.54) is 18.2 Å². The zero-order valence-corrected chi connectivity index (χ0v) is 15.4. The minimum atomic E-state index is -4.71. The van der Waals surface area contributed by atoms with E-state index >= 15 is 0 Å². The largest absolute Gasteiger partial charge is 0.428 e. The Kier molecular flexibility index (Phi) is 4.63. The van der Waals surface area contributed by atoms with Crippen molar-refractivity contribution in [2.24, 2.45) is 0 Å². The minimum absolute atomic E-state index is 0.102. The number of alkyl halides is 3. The molecule has 2 aliphatic heterocycles. The van der Waals surface area contributed by atoms with Crippen molar-refractivity contribution in [1.82, 2.24) is 10.8 Å². The summed E-state index contributed by atoms with van der Waals surface area (Å²) in [7, 11) is 0. The van der Waals surface area contributed by atoms with Gasteiger partial charge in [-0.3, -0.25) is 10.3 Å². The highest BCUT2D eigenvalue weighted by Gasteiger charge is 2.59. The molecule has 8 heteroatoms. The van der Waals surface area contributed by atoms with E-state index in [0.29, 0.717) is 11.5 Å². The van der Waals surface area contributed by atoms with E-state index in [4.69, 9.17) is 28.0 Å². The maximum absolute atomic E-state index is 14.0. The van der Waals surface area contributed by atoms with Crippen molar-refractivity contribution in [1.29, 1.82) is 0 Å². The maximum Gasteiger partial charge on any atom is 0.428 e. The molecular formula is C19H15Cl2F3N2O. The molecule has 1 saturated heterocycles. The van der Waals surface area contributed by atoms with Gasteiger partial charge in [0, 0.05) is 34.6 Å². The third-order valence-electron chi connectivity index (χ3n) is 4.86. The Morgan fingerprint density at radius 3 is 2.15 bits per heavy atom. The van der Waals surface area contributed by atoms with Crippen LogP contribution in [0.4, 0.5) is 13.2 Å². The number of hydroxylamine groups is 1. The first-order chi connectivity index (χ1) is 12.8. The molecule has 1 atom stereocenters. The first-order valence-corrected chi connectivity index (χ1v) is 9.05. The zero-order valence-electron chi connectivity index (χ0n) is 13.9. The molecule has 2 heterocycles. The van der Waals surface area contributed by atoms with Crippen molar-refractivity contribution in [3.8, 4) is 0 Å². The van der Waals surface area contributed by atoms with E-state index in [9.17, 15) is 13.2 Å². The van der Waals surface area contributed by atoms with E-state index in [1.807, 2.05) is 12.1 Å². The lowest BCUT2D eigenvalue weighted by molar-refractivity contribution is -0.269. The summed E-state index contributed by atoms with van der Waals surface area (Å²) in [6, 6.07) is 11.2. The van der Waals surface area contributed by atoms with Crippen LogP contribution in [-0.4, -0.2) is 19.3 Å². The number of hydrogen-bond acceptors (Lipinski definition) is 3.